The van der Waals surface area contributed by atoms with Crippen LogP contribution in [0.3, 0.4) is 0 Å². The van der Waals surface area contributed by atoms with Gasteiger partial charge in [-0.3, -0.25) is 4.79 Å². The van der Waals surface area contributed by atoms with Crippen molar-refractivity contribution in [2.45, 2.75) is 40.0 Å². The lowest BCUT2D eigenvalue weighted by molar-refractivity contribution is -0.121. The zero-order valence-electron chi connectivity index (χ0n) is 12.7. The van der Waals surface area contributed by atoms with E-state index in [9.17, 15) is 4.79 Å². The summed E-state index contributed by atoms with van der Waals surface area (Å²) in [4.78, 5) is 16.2. The van der Waals surface area contributed by atoms with Crippen LogP contribution < -0.4 is 5.32 Å². The van der Waals surface area contributed by atoms with Crippen LogP contribution in [0.2, 0.25) is 0 Å². The summed E-state index contributed by atoms with van der Waals surface area (Å²) in [5, 5.41) is 2.99. The highest BCUT2D eigenvalue weighted by molar-refractivity contribution is 5.76. The Hall–Kier alpha value is -0.610. The Morgan fingerprint density at radius 2 is 1.72 bits per heavy atom. The van der Waals surface area contributed by atoms with Gasteiger partial charge in [-0.2, -0.15) is 0 Å². The molecular formula is C14H31N3O. The third kappa shape index (κ3) is 9.42. The lowest BCUT2D eigenvalue weighted by Gasteiger charge is -2.19. The number of hydrogen-bond acceptors (Lipinski definition) is 3. The number of nitrogens with one attached hydrogen (secondary N) is 1. The van der Waals surface area contributed by atoms with Gasteiger partial charge in [-0.05, 0) is 33.1 Å². The van der Waals surface area contributed by atoms with Crippen molar-refractivity contribution in [2.24, 2.45) is 0 Å². The van der Waals surface area contributed by atoms with Gasteiger partial charge in [-0.1, -0.05) is 27.2 Å². The molecule has 0 bridgehead atoms. The van der Waals surface area contributed by atoms with E-state index in [1.165, 1.54) is 12.8 Å². The zero-order valence-corrected chi connectivity index (χ0v) is 12.7. The Balaban J connectivity index is 3.53. The highest BCUT2D eigenvalue weighted by atomic mass is 16.1. The molecule has 0 heterocycles. The molecule has 0 atom stereocenters. The molecule has 0 aromatic heterocycles. The maximum absolute atomic E-state index is 11.6. The van der Waals surface area contributed by atoms with Crippen molar-refractivity contribution in [3.05, 3.63) is 0 Å². The molecule has 0 aromatic rings. The normalized spacial score (nSPS) is 11.2. The number of unbranched alkanes of at least 4 members (excludes halogenated alkanes) is 1. The second-order valence-corrected chi connectivity index (χ2v) is 4.78. The van der Waals surface area contributed by atoms with Gasteiger partial charge < -0.3 is 15.1 Å². The third-order valence-electron chi connectivity index (χ3n) is 3.26. The summed E-state index contributed by atoms with van der Waals surface area (Å²) in [6, 6.07) is 0. The van der Waals surface area contributed by atoms with Gasteiger partial charge in [0.2, 0.25) is 5.91 Å². The molecule has 0 rings (SSSR count). The predicted octanol–water partition coefficient (Wildman–Crippen LogP) is 1.57. The van der Waals surface area contributed by atoms with Crippen LogP contribution in [0.5, 0.6) is 0 Å². The molecule has 1 amide bonds. The third-order valence-corrected chi connectivity index (χ3v) is 3.26. The number of hydrogen-bond donors (Lipinski definition) is 1. The highest BCUT2D eigenvalue weighted by Crippen LogP contribution is 1.93. The largest absolute Gasteiger partial charge is 0.355 e. The molecule has 108 valence electrons. The molecule has 0 aliphatic rings. The number of rotatable bonds is 11. The first-order valence-electron chi connectivity index (χ1n) is 7.31. The monoisotopic (exact) mass is 257 g/mol. The molecule has 18 heavy (non-hydrogen) atoms. The van der Waals surface area contributed by atoms with Gasteiger partial charge >= 0.3 is 0 Å². The molecule has 0 saturated carbocycles. The van der Waals surface area contributed by atoms with Crippen LogP contribution in [0.1, 0.15) is 40.0 Å². The average molecular weight is 257 g/mol. The first kappa shape index (κ1) is 17.4. The summed E-state index contributed by atoms with van der Waals surface area (Å²) in [6.07, 6.45) is 3.03. The zero-order chi connectivity index (χ0) is 13.8. The van der Waals surface area contributed by atoms with Crippen LogP contribution in [0.4, 0.5) is 0 Å². The Morgan fingerprint density at radius 1 is 1.06 bits per heavy atom. The molecule has 0 aliphatic heterocycles. The molecule has 4 nitrogen and oxygen atoms in total. The highest BCUT2D eigenvalue weighted by Gasteiger charge is 2.04. The van der Waals surface area contributed by atoms with Crippen LogP contribution in [0.15, 0.2) is 0 Å². The quantitative estimate of drug-likeness (QED) is 0.610. The van der Waals surface area contributed by atoms with Crippen molar-refractivity contribution in [2.75, 3.05) is 46.3 Å². The fraction of sp³-hybridized carbons (Fsp3) is 0.929. The SMILES string of the molecule is CCCCN(C)CCC(=O)NCCN(CC)CC. The van der Waals surface area contributed by atoms with Gasteiger partial charge in [0.05, 0.1) is 0 Å². The first-order chi connectivity index (χ1) is 8.63. The molecule has 1 N–H and O–H groups in total. The van der Waals surface area contributed by atoms with Crippen molar-refractivity contribution >= 4 is 5.91 Å². The minimum absolute atomic E-state index is 0.172. The van der Waals surface area contributed by atoms with Gasteiger partial charge in [0.25, 0.3) is 0 Å². The van der Waals surface area contributed by atoms with E-state index >= 15 is 0 Å². The first-order valence-corrected chi connectivity index (χ1v) is 7.31. The van der Waals surface area contributed by atoms with Crippen molar-refractivity contribution in [3.8, 4) is 0 Å². The maximum atomic E-state index is 11.6. The molecule has 0 saturated heterocycles. The number of nitrogens with zero attached hydrogens (tertiary/aromatic N) is 2. The summed E-state index contributed by atoms with van der Waals surface area (Å²) < 4.78 is 0. The fourth-order valence-electron chi connectivity index (χ4n) is 1.81. The van der Waals surface area contributed by atoms with Crippen LogP contribution in [0.25, 0.3) is 0 Å². The second-order valence-electron chi connectivity index (χ2n) is 4.78. The maximum Gasteiger partial charge on any atom is 0.221 e. The molecular weight excluding hydrogens is 226 g/mol. The Labute approximate surface area is 113 Å². The van der Waals surface area contributed by atoms with E-state index in [0.29, 0.717) is 6.42 Å². The summed E-state index contributed by atoms with van der Waals surface area (Å²) in [5.41, 5.74) is 0. The molecule has 0 unspecified atom stereocenters. The smallest absolute Gasteiger partial charge is 0.221 e. The second kappa shape index (κ2) is 11.5. The predicted molar refractivity (Wildman–Crippen MR) is 77.8 cm³/mol. The van der Waals surface area contributed by atoms with Gasteiger partial charge in [0.15, 0.2) is 0 Å². The van der Waals surface area contributed by atoms with Crippen LogP contribution in [0, 0.1) is 0 Å². The van der Waals surface area contributed by atoms with Gasteiger partial charge in [-0.25, -0.2) is 0 Å². The van der Waals surface area contributed by atoms with E-state index in [4.69, 9.17) is 0 Å². The minimum Gasteiger partial charge on any atom is -0.355 e. The van der Waals surface area contributed by atoms with Gasteiger partial charge in [0.1, 0.15) is 0 Å². The average Bonchev–Trinajstić information content (AvgIpc) is 2.39. The molecule has 0 radical (unpaired) electrons. The molecule has 0 aromatic carbocycles. The molecule has 0 aliphatic carbocycles. The topological polar surface area (TPSA) is 35.6 Å². The number of amides is 1. The van der Waals surface area contributed by atoms with Crippen LogP contribution in [-0.4, -0.2) is 62.0 Å². The molecule has 0 fully saturated rings. The van der Waals surface area contributed by atoms with Crippen molar-refractivity contribution in [3.63, 3.8) is 0 Å². The van der Waals surface area contributed by atoms with Crippen molar-refractivity contribution in [1.29, 1.82) is 0 Å². The van der Waals surface area contributed by atoms with E-state index in [-0.39, 0.29) is 5.91 Å². The Kier molecular flexibility index (Phi) is 11.1. The van der Waals surface area contributed by atoms with Crippen LogP contribution >= 0.6 is 0 Å². The van der Waals surface area contributed by atoms with E-state index in [1.807, 2.05) is 0 Å². The minimum atomic E-state index is 0.172. The summed E-state index contributed by atoms with van der Waals surface area (Å²) in [6.45, 7) is 12.2. The van der Waals surface area contributed by atoms with Crippen molar-refractivity contribution in [1.82, 2.24) is 15.1 Å². The fourth-order valence-corrected chi connectivity index (χ4v) is 1.81. The van der Waals surface area contributed by atoms with E-state index in [0.717, 1.165) is 39.3 Å². The summed E-state index contributed by atoms with van der Waals surface area (Å²) >= 11 is 0. The Bertz CT molecular complexity index is 205. The van der Waals surface area contributed by atoms with Crippen LogP contribution in [-0.2, 0) is 4.79 Å². The summed E-state index contributed by atoms with van der Waals surface area (Å²) in [7, 11) is 2.08. The van der Waals surface area contributed by atoms with Gasteiger partial charge in [0, 0.05) is 26.1 Å². The Morgan fingerprint density at radius 3 is 2.28 bits per heavy atom. The van der Waals surface area contributed by atoms with E-state index in [2.05, 4.69) is 42.9 Å². The standard InChI is InChI=1S/C14H31N3O/c1-5-8-11-16(4)12-9-14(18)15-10-13-17(6-2)7-3/h5-13H2,1-4H3,(H,15,18). The van der Waals surface area contributed by atoms with Crippen molar-refractivity contribution < 1.29 is 4.79 Å². The van der Waals surface area contributed by atoms with E-state index < -0.39 is 0 Å². The van der Waals surface area contributed by atoms with Gasteiger partial charge in [-0.15, -0.1) is 0 Å². The number of likely N-dealkylation sites (N-methyl/N-ethyl adjacent to an activating group) is 1. The number of carbonyl (C=O) groups is 1. The summed E-state index contributed by atoms with van der Waals surface area (Å²) in [5.74, 6) is 0.172. The molecule has 4 heteroatoms. The number of carbonyl (C=O) groups excluding carboxylic acids is 1. The van der Waals surface area contributed by atoms with E-state index in [1.54, 1.807) is 0 Å². The molecule has 0 spiro atoms. The lowest BCUT2D eigenvalue weighted by atomic mass is 10.3. The lowest BCUT2D eigenvalue weighted by Crippen LogP contribution is -2.36.